The summed E-state index contributed by atoms with van der Waals surface area (Å²) in [7, 11) is 3.90. The average Bonchev–Trinajstić information content (AvgIpc) is 1.84. The molecule has 0 N–H and O–H groups in total. The van der Waals surface area contributed by atoms with E-state index in [4.69, 9.17) is 0 Å². The van der Waals surface area contributed by atoms with Crippen molar-refractivity contribution in [3.05, 3.63) is 12.4 Å². The van der Waals surface area contributed by atoms with Crippen LogP contribution in [0.2, 0.25) is 0 Å². The number of hydrogen-bond acceptors (Lipinski definition) is 2. The van der Waals surface area contributed by atoms with Gasteiger partial charge in [-0.3, -0.25) is 0 Å². The summed E-state index contributed by atoms with van der Waals surface area (Å²) in [6.07, 6.45) is 3.60. The van der Waals surface area contributed by atoms with E-state index in [0.717, 1.165) is 0 Å². The van der Waals surface area contributed by atoms with Gasteiger partial charge in [0.1, 0.15) is 12.4 Å². The first-order chi connectivity index (χ1) is 3.21. The molecular formula is C4H8N3+. The van der Waals surface area contributed by atoms with E-state index in [1.54, 1.807) is 6.20 Å². The van der Waals surface area contributed by atoms with Crippen molar-refractivity contribution in [3.8, 4) is 0 Å². The van der Waals surface area contributed by atoms with Crippen molar-refractivity contribution in [1.82, 2.24) is 0 Å². The molecule has 0 spiro atoms. The van der Waals surface area contributed by atoms with Crippen molar-refractivity contribution in [2.75, 3.05) is 14.1 Å². The first kappa shape index (κ1) is 4.46. The standard InChI is InChI=1S/C4H8N3/c1-7(2)4-3-5-6-7/h3-4H,1-2H3/q+1. The largest absolute Gasteiger partial charge is 0.156 e. The molecule has 0 aliphatic carbocycles. The van der Waals surface area contributed by atoms with Crippen molar-refractivity contribution in [3.63, 3.8) is 0 Å². The molecule has 1 aliphatic heterocycles. The van der Waals surface area contributed by atoms with Gasteiger partial charge in [-0.15, -0.1) is 5.11 Å². The van der Waals surface area contributed by atoms with E-state index in [-0.39, 0.29) is 0 Å². The van der Waals surface area contributed by atoms with E-state index in [1.807, 2.05) is 20.3 Å². The van der Waals surface area contributed by atoms with Crippen LogP contribution in [0, 0.1) is 0 Å². The topological polar surface area (TPSA) is 24.7 Å². The SMILES string of the molecule is C[N+]1(C)C=CN=N1. The quantitative estimate of drug-likeness (QED) is 0.402. The lowest BCUT2D eigenvalue weighted by Gasteiger charge is -2.07. The van der Waals surface area contributed by atoms with Gasteiger partial charge in [-0.05, 0) is 0 Å². The van der Waals surface area contributed by atoms with Crippen LogP contribution in [0.1, 0.15) is 0 Å². The molecule has 0 radical (unpaired) electrons. The van der Waals surface area contributed by atoms with Crippen molar-refractivity contribution in [2.45, 2.75) is 0 Å². The van der Waals surface area contributed by atoms with Gasteiger partial charge in [0, 0.05) is 5.22 Å². The minimum atomic E-state index is 0.528. The third kappa shape index (κ3) is 0.838. The molecule has 0 saturated carbocycles. The maximum atomic E-state index is 3.82. The molecule has 7 heavy (non-hydrogen) atoms. The first-order valence-electron chi connectivity index (χ1n) is 2.14. The molecule has 3 heteroatoms. The Balaban J connectivity index is 2.77. The van der Waals surface area contributed by atoms with Crippen molar-refractivity contribution in [1.29, 1.82) is 0 Å². The minimum absolute atomic E-state index is 0.528. The van der Waals surface area contributed by atoms with E-state index in [9.17, 15) is 0 Å². The van der Waals surface area contributed by atoms with Gasteiger partial charge in [0.2, 0.25) is 0 Å². The lowest BCUT2D eigenvalue weighted by atomic mass is 10.8. The maximum absolute atomic E-state index is 3.82. The van der Waals surface area contributed by atoms with Crippen LogP contribution >= 0.6 is 0 Å². The smallest absolute Gasteiger partial charge is 0.144 e. The van der Waals surface area contributed by atoms with Gasteiger partial charge in [0.05, 0.1) is 14.1 Å². The van der Waals surface area contributed by atoms with Crippen molar-refractivity contribution < 1.29 is 4.59 Å². The summed E-state index contributed by atoms with van der Waals surface area (Å²) < 4.78 is 0.528. The van der Waals surface area contributed by atoms with Crippen LogP contribution in [0.5, 0.6) is 0 Å². The Bertz CT molecular complexity index is 109. The van der Waals surface area contributed by atoms with E-state index < -0.39 is 0 Å². The highest BCUT2D eigenvalue weighted by molar-refractivity contribution is 4.70. The minimum Gasteiger partial charge on any atom is -0.156 e. The second kappa shape index (κ2) is 1.13. The van der Waals surface area contributed by atoms with Crippen LogP contribution in [0.4, 0.5) is 0 Å². The Hall–Kier alpha value is -0.700. The Morgan fingerprint density at radius 2 is 2.14 bits per heavy atom. The Labute approximate surface area is 42.5 Å². The molecule has 0 aromatic rings. The molecule has 0 saturated heterocycles. The summed E-state index contributed by atoms with van der Waals surface area (Å²) in [5.74, 6) is 0. The molecule has 0 bridgehead atoms. The van der Waals surface area contributed by atoms with Crippen LogP contribution < -0.4 is 0 Å². The number of quaternary nitrogens is 1. The number of rotatable bonds is 0. The summed E-state index contributed by atoms with van der Waals surface area (Å²) in [6.45, 7) is 0. The zero-order valence-corrected chi connectivity index (χ0v) is 4.50. The molecule has 0 amide bonds. The molecule has 1 rings (SSSR count). The summed E-state index contributed by atoms with van der Waals surface area (Å²) in [5, 5.41) is 7.47. The Morgan fingerprint density at radius 1 is 1.43 bits per heavy atom. The van der Waals surface area contributed by atoms with E-state index in [1.165, 1.54) is 0 Å². The molecule has 0 atom stereocenters. The fraction of sp³-hybridized carbons (Fsp3) is 0.500. The third-order valence-corrected chi connectivity index (χ3v) is 0.780. The van der Waals surface area contributed by atoms with Gasteiger partial charge in [-0.25, -0.2) is 0 Å². The van der Waals surface area contributed by atoms with Gasteiger partial charge in [0.15, 0.2) is 0 Å². The van der Waals surface area contributed by atoms with Gasteiger partial charge in [0.25, 0.3) is 0 Å². The summed E-state index contributed by atoms with van der Waals surface area (Å²) in [4.78, 5) is 0. The summed E-state index contributed by atoms with van der Waals surface area (Å²) >= 11 is 0. The van der Waals surface area contributed by atoms with Crippen LogP contribution in [0.25, 0.3) is 0 Å². The van der Waals surface area contributed by atoms with Crippen molar-refractivity contribution in [2.24, 2.45) is 10.3 Å². The summed E-state index contributed by atoms with van der Waals surface area (Å²) in [5.41, 5.74) is 0. The van der Waals surface area contributed by atoms with Crippen LogP contribution in [-0.2, 0) is 0 Å². The molecule has 0 unspecified atom stereocenters. The highest BCUT2D eigenvalue weighted by atomic mass is 15.7. The molecule has 1 heterocycles. The van der Waals surface area contributed by atoms with E-state index in [0.29, 0.717) is 4.59 Å². The maximum Gasteiger partial charge on any atom is 0.144 e. The molecule has 3 nitrogen and oxygen atoms in total. The first-order valence-corrected chi connectivity index (χ1v) is 2.14. The highest BCUT2D eigenvalue weighted by Crippen LogP contribution is 2.06. The monoisotopic (exact) mass is 98.1 g/mol. The Kier molecular flexibility index (Phi) is 0.722. The van der Waals surface area contributed by atoms with Gasteiger partial charge >= 0.3 is 0 Å². The van der Waals surface area contributed by atoms with E-state index in [2.05, 4.69) is 10.3 Å². The molecule has 1 aliphatic rings. The van der Waals surface area contributed by atoms with Gasteiger partial charge in [-0.1, -0.05) is 0 Å². The fourth-order valence-electron chi connectivity index (χ4n) is 0.386. The number of hydrogen-bond donors (Lipinski definition) is 0. The fourth-order valence-corrected chi connectivity index (χ4v) is 0.386. The zero-order chi connectivity index (χ0) is 5.33. The molecule has 0 aromatic heterocycles. The summed E-state index contributed by atoms with van der Waals surface area (Å²) in [6, 6.07) is 0. The lowest BCUT2D eigenvalue weighted by molar-refractivity contribution is -0.846. The van der Waals surface area contributed by atoms with Crippen LogP contribution in [0.3, 0.4) is 0 Å². The molecular weight excluding hydrogens is 90.1 g/mol. The average molecular weight is 98.1 g/mol. The lowest BCUT2D eigenvalue weighted by Crippen LogP contribution is -2.22. The molecule has 0 fully saturated rings. The van der Waals surface area contributed by atoms with Gasteiger partial charge in [-0.2, -0.15) is 4.59 Å². The highest BCUT2D eigenvalue weighted by Gasteiger charge is 2.12. The second-order valence-electron chi connectivity index (χ2n) is 1.98. The predicted molar refractivity (Wildman–Crippen MR) is 26.1 cm³/mol. The third-order valence-electron chi connectivity index (χ3n) is 0.780. The second-order valence-corrected chi connectivity index (χ2v) is 1.98. The van der Waals surface area contributed by atoms with Crippen LogP contribution in [0.15, 0.2) is 22.7 Å². The molecule has 0 aromatic carbocycles. The van der Waals surface area contributed by atoms with E-state index >= 15 is 0 Å². The van der Waals surface area contributed by atoms with Gasteiger partial charge < -0.3 is 0 Å². The number of nitrogens with zero attached hydrogens (tertiary/aromatic N) is 3. The zero-order valence-electron chi connectivity index (χ0n) is 4.50. The molecule has 38 valence electrons. The van der Waals surface area contributed by atoms with Crippen molar-refractivity contribution >= 4 is 0 Å². The predicted octanol–water partition coefficient (Wildman–Crippen LogP) is 0.915. The Morgan fingerprint density at radius 3 is 2.29 bits per heavy atom. The normalized spacial score (nSPS) is 23.7. The van der Waals surface area contributed by atoms with Crippen LogP contribution in [-0.4, -0.2) is 18.7 Å².